The molecule has 2 rings (SSSR count). The molecule has 5 nitrogen and oxygen atoms in total. The molecule has 0 spiro atoms. The van der Waals surface area contributed by atoms with Crippen LogP contribution < -0.4 is 11.1 Å². The molecule has 3 N–H and O–H groups in total. The lowest BCUT2D eigenvalue weighted by molar-refractivity contribution is 0.678. The fourth-order valence-electron chi connectivity index (χ4n) is 1.84. The van der Waals surface area contributed by atoms with Crippen LogP contribution >= 0.6 is 0 Å². The fraction of sp³-hybridized carbons (Fsp3) is 0.385. The average molecular weight is 278 g/mol. The molecule has 19 heavy (non-hydrogen) atoms. The van der Waals surface area contributed by atoms with Gasteiger partial charge in [0.15, 0.2) is 0 Å². The number of rotatable bonds is 5. The van der Waals surface area contributed by atoms with Gasteiger partial charge in [0.25, 0.3) is 0 Å². The van der Waals surface area contributed by atoms with Crippen molar-refractivity contribution in [1.29, 1.82) is 0 Å². The minimum Gasteiger partial charge on any atom is -0.399 e. The minimum atomic E-state index is -0.764. The summed E-state index contributed by atoms with van der Waals surface area (Å²) in [6, 6.07) is 5.79. The van der Waals surface area contributed by atoms with Gasteiger partial charge in [0.05, 0.1) is 5.52 Å². The molecule has 0 bridgehead atoms. The molecule has 1 aromatic heterocycles. The number of hydrogen-bond acceptors (Lipinski definition) is 5. The van der Waals surface area contributed by atoms with Crippen LogP contribution in [0, 0.1) is 0 Å². The molecule has 1 heterocycles. The zero-order valence-electron chi connectivity index (χ0n) is 11.1. The number of nitrogen functional groups attached to an aromatic ring is 1. The molecule has 2 atom stereocenters. The highest BCUT2D eigenvalue weighted by Gasteiger charge is 2.08. The number of nitrogens with two attached hydrogens (primary N) is 1. The Bertz CT molecular complexity index is 602. The van der Waals surface area contributed by atoms with Gasteiger partial charge in [-0.15, -0.1) is 0 Å². The zero-order valence-corrected chi connectivity index (χ0v) is 11.9. The first-order valence-electron chi connectivity index (χ1n) is 6.13. The van der Waals surface area contributed by atoms with Gasteiger partial charge in [-0.05, 0) is 31.5 Å². The normalized spacial score (nSPS) is 14.2. The highest BCUT2D eigenvalue weighted by Crippen LogP contribution is 2.22. The summed E-state index contributed by atoms with van der Waals surface area (Å²) in [5.74, 6) is 1.48. The van der Waals surface area contributed by atoms with E-state index in [0.29, 0.717) is 11.4 Å². The molecule has 0 aliphatic heterocycles. The van der Waals surface area contributed by atoms with E-state index in [0.717, 1.165) is 23.1 Å². The molecular weight excluding hydrogens is 260 g/mol. The zero-order chi connectivity index (χ0) is 13.8. The van der Waals surface area contributed by atoms with Crippen LogP contribution in [0.5, 0.6) is 0 Å². The SMILES string of the molecule is CC(CCS(C)=O)Nc1ncnc2cc(N)ccc12. The van der Waals surface area contributed by atoms with Gasteiger partial charge >= 0.3 is 0 Å². The van der Waals surface area contributed by atoms with Crippen LogP contribution in [-0.2, 0) is 10.8 Å². The summed E-state index contributed by atoms with van der Waals surface area (Å²) in [6.45, 7) is 2.05. The molecule has 0 saturated heterocycles. The van der Waals surface area contributed by atoms with Crippen LogP contribution in [0.15, 0.2) is 24.5 Å². The lowest BCUT2D eigenvalue weighted by Crippen LogP contribution is -2.18. The van der Waals surface area contributed by atoms with Crippen LogP contribution in [0.2, 0.25) is 0 Å². The Labute approximate surface area is 115 Å². The lowest BCUT2D eigenvalue weighted by atomic mass is 10.2. The van der Waals surface area contributed by atoms with Gasteiger partial charge in [-0.25, -0.2) is 9.97 Å². The van der Waals surface area contributed by atoms with Crippen molar-refractivity contribution in [3.05, 3.63) is 24.5 Å². The van der Waals surface area contributed by atoms with E-state index in [-0.39, 0.29) is 6.04 Å². The quantitative estimate of drug-likeness (QED) is 0.815. The van der Waals surface area contributed by atoms with Crippen LogP contribution in [0.4, 0.5) is 11.5 Å². The van der Waals surface area contributed by atoms with E-state index >= 15 is 0 Å². The van der Waals surface area contributed by atoms with Gasteiger partial charge in [0.2, 0.25) is 0 Å². The summed E-state index contributed by atoms with van der Waals surface area (Å²) in [5.41, 5.74) is 7.25. The van der Waals surface area contributed by atoms with E-state index < -0.39 is 10.8 Å². The van der Waals surface area contributed by atoms with Gasteiger partial charge in [-0.1, -0.05) is 0 Å². The first kappa shape index (κ1) is 13.7. The summed E-state index contributed by atoms with van der Waals surface area (Å²) < 4.78 is 11.1. The first-order valence-corrected chi connectivity index (χ1v) is 7.86. The number of fused-ring (bicyclic) bond motifs is 1. The molecular formula is C13H18N4OS. The second-order valence-corrected chi connectivity index (χ2v) is 6.16. The Morgan fingerprint density at radius 2 is 2.21 bits per heavy atom. The predicted octanol–water partition coefficient (Wildman–Crippen LogP) is 1.78. The molecule has 0 amide bonds. The number of aromatic nitrogens is 2. The predicted molar refractivity (Wildman–Crippen MR) is 80.6 cm³/mol. The molecule has 0 fully saturated rings. The van der Waals surface area contributed by atoms with Crippen molar-refractivity contribution in [3.63, 3.8) is 0 Å². The summed E-state index contributed by atoms with van der Waals surface area (Å²) in [4.78, 5) is 8.47. The van der Waals surface area contributed by atoms with Crippen molar-refractivity contribution >= 4 is 33.2 Å². The van der Waals surface area contributed by atoms with Crippen molar-refractivity contribution in [2.75, 3.05) is 23.1 Å². The minimum absolute atomic E-state index is 0.208. The number of nitrogens with zero attached hydrogens (tertiary/aromatic N) is 2. The molecule has 0 aliphatic rings. The monoisotopic (exact) mass is 278 g/mol. The number of anilines is 2. The first-order chi connectivity index (χ1) is 9.06. The maximum Gasteiger partial charge on any atom is 0.137 e. The summed E-state index contributed by atoms with van der Waals surface area (Å²) in [5, 5.41) is 4.28. The topological polar surface area (TPSA) is 80.9 Å². The lowest BCUT2D eigenvalue weighted by Gasteiger charge is -2.15. The van der Waals surface area contributed by atoms with E-state index in [9.17, 15) is 4.21 Å². The van der Waals surface area contributed by atoms with Gasteiger partial charge in [0, 0.05) is 39.9 Å². The van der Waals surface area contributed by atoms with E-state index in [1.54, 1.807) is 6.26 Å². The molecule has 0 aliphatic carbocycles. The standard InChI is InChI=1S/C13H18N4OS/c1-9(5-6-19(2)18)17-13-11-4-3-10(14)7-12(11)15-8-16-13/h3-4,7-9H,5-6,14H2,1-2H3,(H,15,16,17). The van der Waals surface area contributed by atoms with Gasteiger partial charge < -0.3 is 11.1 Å². The van der Waals surface area contributed by atoms with Crippen LogP contribution in [0.3, 0.4) is 0 Å². The highest BCUT2D eigenvalue weighted by molar-refractivity contribution is 7.84. The molecule has 2 unspecified atom stereocenters. The molecule has 6 heteroatoms. The third-order valence-corrected chi connectivity index (χ3v) is 3.69. The van der Waals surface area contributed by atoms with Gasteiger partial charge in [0.1, 0.15) is 12.1 Å². The Morgan fingerprint density at radius 1 is 1.42 bits per heavy atom. The van der Waals surface area contributed by atoms with Crippen molar-refractivity contribution in [2.24, 2.45) is 0 Å². The molecule has 2 aromatic rings. The largest absolute Gasteiger partial charge is 0.399 e. The van der Waals surface area contributed by atoms with Gasteiger partial charge in [-0.2, -0.15) is 0 Å². The Balaban J connectivity index is 2.18. The van der Waals surface area contributed by atoms with E-state index in [2.05, 4.69) is 22.2 Å². The third-order valence-electron chi connectivity index (χ3n) is 2.88. The smallest absolute Gasteiger partial charge is 0.137 e. The fourth-order valence-corrected chi connectivity index (χ4v) is 2.52. The highest BCUT2D eigenvalue weighted by atomic mass is 32.2. The maximum atomic E-state index is 11.1. The van der Waals surface area contributed by atoms with Crippen molar-refractivity contribution < 1.29 is 4.21 Å². The van der Waals surface area contributed by atoms with Crippen molar-refractivity contribution in [3.8, 4) is 0 Å². The molecule has 0 saturated carbocycles. The Kier molecular flexibility index (Phi) is 4.31. The second-order valence-electron chi connectivity index (χ2n) is 4.61. The van der Waals surface area contributed by atoms with Crippen LogP contribution in [0.25, 0.3) is 10.9 Å². The Morgan fingerprint density at radius 3 is 2.95 bits per heavy atom. The van der Waals surface area contributed by atoms with Crippen molar-refractivity contribution in [1.82, 2.24) is 9.97 Å². The number of nitrogens with one attached hydrogen (secondary N) is 1. The number of benzene rings is 1. The maximum absolute atomic E-state index is 11.1. The summed E-state index contributed by atoms with van der Waals surface area (Å²) >= 11 is 0. The van der Waals surface area contributed by atoms with E-state index in [1.807, 2.05) is 18.2 Å². The molecule has 1 aromatic carbocycles. The molecule has 0 radical (unpaired) electrons. The molecule has 102 valence electrons. The second kappa shape index (κ2) is 5.97. The van der Waals surface area contributed by atoms with Crippen LogP contribution in [0.1, 0.15) is 13.3 Å². The van der Waals surface area contributed by atoms with Crippen molar-refractivity contribution in [2.45, 2.75) is 19.4 Å². The van der Waals surface area contributed by atoms with Crippen LogP contribution in [-0.4, -0.2) is 32.2 Å². The summed E-state index contributed by atoms with van der Waals surface area (Å²) in [6.07, 6.45) is 4.08. The Hall–Kier alpha value is -1.69. The summed E-state index contributed by atoms with van der Waals surface area (Å²) in [7, 11) is -0.764. The van der Waals surface area contributed by atoms with Gasteiger partial charge in [-0.3, -0.25) is 4.21 Å². The van der Waals surface area contributed by atoms with E-state index in [1.165, 1.54) is 6.33 Å². The average Bonchev–Trinajstić information content (AvgIpc) is 2.36. The number of hydrogen-bond donors (Lipinski definition) is 2. The van der Waals surface area contributed by atoms with E-state index in [4.69, 9.17) is 5.73 Å². The third kappa shape index (κ3) is 3.64.